The lowest BCUT2D eigenvalue weighted by Crippen LogP contribution is -2.46. The first-order valence-electron chi connectivity index (χ1n) is 20.0. The van der Waals surface area contributed by atoms with Crippen molar-refractivity contribution in [2.45, 2.75) is 123 Å². The van der Waals surface area contributed by atoms with Crippen LogP contribution in [0.4, 0.5) is 11.4 Å². The van der Waals surface area contributed by atoms with Crippen molar-refractivity contribution in [3.8, 4) is 17.2 Å². The molecule has 2 aromatic carbocycles. The van der Waals surface area contributed by atoms with Gasteiger partial charge in [0.05, 0.1) is 53.4 Å². The van der Waals surface area contributed by atoms with Crippen LogP contribution in [0.1, 0.15) is 83.7 Å². The number of benzene rings is 2. The summed E-state index contributed by atoms with van der Waals surface area (Å²) in [6, 6.07) is 0.977. The predicted molar refractivity (Wildman–Crippen MR) is 214 cm³/mol. The molecule has 0 spiro atoms. The molecule has 5 bridgehead atoms. The Balaban J connectivity index is 1.49. The number of anilines is 2. The molecule has 7 rings (SSSR count). The second kappa shape index (κ2) is 16.7. The molecule has 7 N–H and O–H groups in total. The molecule has 1 saturated carbocycles. The van der Waals surface area contributed by atoms with Crippen molar-refractivity contribution in [1.29, 1.82) is 0 Å². The van der Waals surface area contributed by atoms with E-state index in [2.05, 4.69) is 10.6 Å². The van der Waals surface area contributed by atoms with E-state index in [1.807, 2.05) is 0 Å². The Morgan fingerprint density at radius 2 is 1.66 bits per heavy atom. The molecule has 0 unspecified atom stereocenters. The number of ketones is 2. The average Bonchev–Trinajstić information content (AvgIpc) is 3.94. The number of amides is 1. The molecule has 59 heavy (non-hydrogen) atoms. The smallest absolute Gasteiger partial charge is 0.312 e. The first-order chi connectivity index (χ1) is 27.7. The van der Waals surface area contributed by atoms with E-state index in [-0.39, 0.29) is 44.6 Å². The van der Waals surface area contributed by atoms with Crippen molar-refractivity contribution in [1.82, 2.24) is 0 Å². The highest BCUT2D eigenvalue weighted by Gasteiger charge is 2.51. The number of allylic oxidation sites excluding steroid dienone is 1. The molecule has 0 aromatic heterocycles. The van der Waals surface area contributed by atoms with Crippen LogP contribution in [0, 0.1) is 36.5 Å². The maximum atomic E-state index is 14.6. The molecule has 16 heteroatoms. The third-order valence-electron chi connectivity index (χ3n) is 12.6. The van der Waals surface area contributed by atoms with Crippen molar-refractivity contribution < 1.29 is 68.4 Å². The molecule has 2 aromatic rings. The van der Waals surface area contributed by atoms with Crippen molar-refractivity contribution in [3.63, 3.8) is 0 Å². The fourth-order valence-corrected chi connectivity index (χ4v) is 8.79. The van der Waals surface area contributed by atoms with E-state index >= 15 is 0 Å². The summed E-state index contributed by atoms with van der Waals surface area (Å²) in [5.41, 5.74) is 0.142. The van der Waals surface area contributed by atoms with Gasteiger partial charge in [-0.3, -0.25) is 19.2 Å². The van der Waals surface area contributed by atoms with Crippen molar-refractivity contribution in [2.24, 2.45) is 29.6 Å². The van der Waals surface area contributed by atoms with Gasteiger partial charge < -0.3 is 59.9 Å². The van der Waals surface area contributed by atoms with Gasteiger partial charge in [-0.05, 0) is 57.7 Å². The Hall–Kier alpha value is -4.74. The molecule has 13 atom stereocenters. The summed E-state index contributed by atoms with van der Waals surface area (Å²) in [5, 5.41) is 62.4. The first-order valence-corrected chi connectivity index (χ1v) is 20.0. The Kier molecular flexibility index (Phi) is 12.4. The highest BCUT2D eigenvalue weighted by Crippen LogP contribution is 2.54. The number of fused-ring (bicyclic) bond motifs is 12. The minimum absolute atomic E-state index is 0.00610. The molecular formula is C43H56N2O14. The number of Topliss-reactive ketones (excluding diaryl/α,β-unsaturated/α-hetero) is 1. The average molecular weight is 825 g/mol. The summed E-state index contributed by atoms with van der Waals surface area (Å²) in [5.74, 6) is -8.63. The number of ether oxygens (including phenoxy) is 5. The Morgan fingerprint density at radius 3 is 2.31 bits per heavy atom. The third-order valence-corrected chi connectivity index (χ3v) is 12.6. The number of phenols is 2. The number of aliphatic hydroxyl groups is 3. The van der Waals surface area contributed by atoms with Gasteiger partial charge in [0, 0.05) is 73.3 Å². The SMILES string of the molecule is CO[C@H]1C=CO[C@]2(C)Oc3c(C)c(O)c4c(O)c(cc(N[C@H]5CC[C@@H](O)O[C@H]5C)c4c3C2=O)NC(=O)C(C)=CC(=O)[C@H]2C[C@@H]2[C@@H](O)[C@H](C)[C@H](O)[C@H](C)[C@@H](OC(C)=O)[C@H]1C. The van der Waals surface area contributed by atoms with Crippen molar-refractivity contribution >= 4 is 45.6 Å². The zero-order chi connectivity index (χ0) is 43.4. The van der Waals surface area contributed by atoms with E-state index in [9.17, 15) is 44.7 Å². The molecule has 0 radical (unpaired) electrons. The summed E-state index contributed by atoms with van der Waals surface area (Å²) < 4.78 is 29.4. The van der Waals surface area contributed by atoms with Crippen LogP contribution in [0.15, 0.2) is 30.1 Å². The number of aromatic hydroxyl groups is 2. The third kappa shape index (κ3) is 8.25. The highest BCUT2D eigenvalue weighted by atomic mass is 16.7. The van der Waals surface area contributed by atoms with Gasteiger partial charge in [-0.2, -0.15) is 0 Å². The predicted octanol–water partition coefficient (Wildman–Crippen LogP) is 4.36. The molecule has 322 valence electrons. The fraction of sp³-hybridized carbons (Fsp3) is 0.581. The van der Waals surface area contributed by atoms with Gasteiger partial charge in [0.1, 0.15) is 17.6 Å². The second-order valence-corrected chi connectivity index (χ2v) is 16.7. The largest absolute Gasteiger partial charge is 0.507 e. The van der Waals surface area contributed by atoms with Crippen LogP contribution in [0.5, 0.6) is 17.2 Å². The minimum atomic E-state index is -2.00. The van der Waals surface area contributed by atoms with Gasteiger partial charge in [0.15, 0.2) is 17.8 Å². The Bertz CT molecular complexity index is 2080. The molecule has 1 amide bonds. The quantitative estimate of drug-likeness (QED) is 0.129. The summed E-state index contributed by atoms with van der Waals surface area (Å²) >= 11 is 0. The lowest BCUT2D eigenvalue weighted by Gasteiger charge is -2.37. The number of rotatable bonds is 4. The molecule has 2 fully saturated rings. The van der Waals surface area contributed by atoms with Gasteiger partial charge in [0.2, 0.25) is 0 Å². The van der Waals surface area contributed by atoms with Gasteiger partial charge in [-0.1, -0.05) is 20.8 Å². The normalized spacial score (nSPS) is 35.4. The van der Waals surface area contributed by atoms with Gasteiger partial charge in [-0.15, -0.1) is 0 Å². The van der Waals surface area contributed by atoms with Crippen LogP contribution in [0.2, 0.25) is 0 Å². The molecule has 4 heterocycles. The Morgan fingerprint density at radius 1 is 0.966 bits per heavy atom. The summed E-state index contributed by atoms with van der Waals surface area (Å²) in [7, 11) is 1.43. The minimum Gasteiger partial charge on any atom is -0.507 e. The number of hydrogen-bond donors (Lipinski definition) is 7. The molecular weight excluding hydrogens is 768 g/mol. The van der Waals surface area contributed by atoms with Crippen LogP contribution >= 0.6 is 0 Å². The maximum Gasteiger partial charge on any atom is 0.312 e. The summed E-state index contributed by atoms with van der Waals surface area (Å²) in [6.45, 7) is 12.4. The lowest BCUT2D eigenvalue weighted by atomic mass is 9.79. The van der Waals surface area contributed by atoms with Crippen LogP contribution in [0.25, 0.3) is 10.8 Å². The number of aliphatic hydroxyl groups excluding tert-OH is 3. The van der Waals surface area contributed by atoms with E-state index in [1.54, 1.807) is 27.7 Å². The number of hydrogen-bond acceptors (Lipinski definition) is 15. The van der Waals surface area contributed by atoms with Crippen molar-refractivity contribution in [2.75, 3.05) is 17.7 Å². The summed E-state index contributed by atoms with van der Waals surface area (Å²) in [4.78, 5) is 54.0. The van der Waals surface area contributed by atoms with Crippen LogP contribution in [-0.2, 0) is 33.3 Å². The molecule has 4 aliphatic heterocycles. The monoisotopic (exact) mass is 824 g/mol. The zero-order valence-corrected chi connectivity index (χ0v) is 34.8. The van der Waals surface area contributed by atoms with E-state index in [0.29, 0.717) is 19.3 Å². The Labute approximate surface area is 342 Å². The molecule has 16 nitrogen and oxygen atoms in total. The van der Waals surface area contributed by atoms with E-state index in [1.165, 1.54) is 59.3 Å². The van der Waals surface area contributed by atoms with Crippen LogP contribution in [0.3, 0.4) is 0 Å². The molecule has 1 aliphatic carbocycles. The van der Waals surface area contributed by atoms with Crippen molar-refractivity contribution in [3.05, 3.63) is 41.2 Å². The standard InChI is InChI=1S/C43H56N2O14/c1-17-14-29(47)24-15-25(24)36(50)19(3)35(49)20(4)39(58-23(7)46)18(2)30(55-9)12-13-56-43(8)41(53)34-32-27(44-26-10-11-31(48)57-22(26)6)16-28(45-42(17)54)38(52)33(32)37(51)21(5)40(34)59-43/h12-14,16,18-20,22,24-26,30-31,35-36,39,44,48-52H,10-11,15H2,1-9H3,(H,45,54)/t18-,19+,20-,22-,24-,25-,26-,30-,31-,35-,36-,39-,43+/m0/s1. The van der Waals surface area contributed by atoms with Crippen LogP contribution < -0.4 is 15.4 Å². The topological polar surface area (TPSA) is 240 Å². The number of esters is 1. The molecule has 5 aliphatic rings. The first kappa shape index (κ1) is 43.8. The number of nitrogens with one attached hydrogen (secondary N) is 2. The van der Waals surface area contributed by atoms with Crippen LogP contribution in [-0.4, -0.2) is 105 Å². The summed E-state index contributed by atoms with van der Waals surface area (Å²) in [6.07, 6.45) is -0.567. The zero-order valence-electron chi connectivity index (χ0n) is 34.8. The number of methoxy groups -OCH3 is 1. The highest BCUT2D eigenvalue weighted by molar-refractivity contribution is 6.23. The van der Waals surface area contributed by atoms with Gasteiger partial charge in [-0.25, -0.2) is 0 Å². The second-order valence-electron chi connectivity index (χ2n) is 16.7. The van der Waals surface area contributed by atoms with E-state index < -0.39 is 113 Å². The lowest BCUT2D eigenvalue weighted by molar-refractivity contribution is -0.161. The number of phenolic OH excluding ortho intramolecular Hbond substituents is 2. The van der Waals surface area contributed by atoms with Gasteiger partial charge >= 0.3 is 11.8 Å². The van der Waals surface area contributed by atoms with Gasteiger partial charge in [0.25, 0.3) is 11.7 Å². The fourth-order valence-electron chi connectivity index (χ4n) is 8.79. The van der Waals surface area contributed by atoms with E-state index in [0.717, 1.165) is 0 Å². The molecule has 1 saturated heterocycles. The number of carbonyl (C=O) groups is 4. The maximum absolute atomic E-state index is 14.6. The van der Waals surface area contributed by atoms with E-state index in [4.69, 9.17) is 23.7 Å². The number of carbonyl (C=O) groups excluding carboxylic acids is 4.